The van der Waals surface area contributed by atoms with Gasteiger partial charge in [0.15, 0.2) is 0 Å². The molecule has 0 radical (unpaired) electrons. The van der Waals surface area contributed by atoms with Gasteiger partial charge in [0.2, 0.25) is 0 Å². The summed E-state index contributed by atoms with van der Waals surface area (Å²) in [6.07, 6.45) is 0.837. The maximum atomic E-state index is 13.0. The molecule has 0 atom stereocenters. The van der Waals surface area contributed by atoms with Crippen molar-refractivity contribution in [3.63, 3.8) is 0 Å². The minimum atomic E-state index is -0.532. The summed E-state index contributed by atoms with van der Waals surface area (Å²) in [6, 6.07) is 24.3. The van der Waals surface area contributed by atoms with Crippen LogP contribution >= 0.6 is 11.6 Å². The normalized spacial score (nSPS) is 15.6. The van der Waals surface area contributed by atoms with Crippen molar-refractivity contribution in [2.24, 2.45) is 0 Å². The van der Waals surface area contributed by atoms with E-state index in [0.717, 1.165) is 16.9 Å². The number of amides is 3. The lowest BCUT2D eigenvalue weighted by molar-refractivity contribution is -0.138. The molecular weight excluding hydrogens is 450 g/mol. The zero-order valence-electron chi connectivity index (χ0n) is 18.3. The van der Waals surface area contributed by atoms with E-state index in [4.69, 9.17) is 11.6 Å². The molecule has 6 nitrogen and oxygen atoms in total. The van der Waals surface area contributed by atoms with Crippen molar-refractivity contribution in [1.82, 2.24) is 9.80 Å². The van der Waals surface area contributed by atoms with E-state index in [1.54, 1.807) is 24.3 Å². The van der Waals surface area contributed by atoms with E-state index in [9.17, 15) is 14.4 Å². The zero-order chi connectivity index (χ0) is 23.7. The van der Waals surface area contributed by atoms with Gasteiger partial charge in [-0.2, -0.15) is 0 Å². The highest BCUT2D eigenvalue weighted by Crippen LogP contribution is 2.27. The largest absolute Gasteiger partial charge is 0.350 e. The Morgan fingerprint density at radius 1 is 0.853 bits per heavy atom. The first-order valence-electron chi connectivity index (χ1n) is 11.0. The van der Waals surface area contributed by atoms with Crippen LogP contribution in [-0.2, 0) is 29.1 Å². The molecule has 0 saturated heterocycles. The van der Waals surface area contributed by atoms with Crippen LogP contribution in [0.4, 0.5) is 5.69 Å². The molecule has 3 aromatic rings. The maximum absolute atomic E-state index is 13.0. The molecule has 34 heavy (non-hydrogen) atoms. The van der Waals surface area contributed by atoms with Gasteiger partial charge in [-0.05, 0) is 47.4 Å². The third-order valence-corrected chi connectivity index (χ3v) is 6.46. The molecule has 2 heterocycles. The maximum Gasteiger partial charge on any atom is 0.279 e. The molecule has 0 fully saturated rings. The Labute approximate surface area is 202 Å². The fourth-order valence-electron chi connectivity index (χ4n) is 4.26. The lowest BCUT2D eigenvalue weighted by Crippen LogP contribution is -2.35. The minimum Gasteiger partial charge on any atom is -0.350 e. The Morgan fingerprint density at radius 2 is 1.53 bits per heavy atom. The Balaban J connectivity index is 1.26. The molecule has 7 heteroatoms. The van der Waals surface area contributed by atoms with E-state index in [2.05, 4.69) is 17.4 Å². The van der Waals surface area contributed by atoms with Crippen molar-refractivity contribution in [2.75, 3.05) is 11.9 Å². The number of anilines is 1. The Kier molecular flexibility index (Phi) is 5.90. The van der Waals surface area contributed by atoms with Crippen LogP contribution in [0, 0.1) is 0 Å². The number of carbonyl (C=O) groups is 3. The Morgan fingerprint density at radius 3 is 2.26 bits per heavy atom. The van der Waals surface area contributed by atoms with E-state index in [1.165, 1.54) is 11.1 Å². The van der Waals surface area contributed by atoms with E-state index in [0.29, 0.717) is 24.3 Å². The van der Waals surface area contributed by atoms with Crippen LogP contribution in [0.15, 0.2) is 89.6 Å². The number of rotatable bonds is 5. The first-order chi connectivity index (χ1) is 16.5. The number of imide groups is 1. The fourth-order valence-corrected chi connectivity index (χ4v) is 4.49. The summed E-state index contributed by atoms with van der Waals surface area (Å²) in [6.45, 7) is 1.41. The summed E-state index contributed by atoms with van der Waals surface area (Å²) in [5.41, 5.74) is 4.45. The molecule has 170 valence electrons. The third-order valence-electron chi connectivity index (χ3n) is 6.11. The second-order valence-corrected chi connectivity index (χ2v) is 8.70. The van der Waals surface area contributed by atoms with E-state index < -0.39 is 11.8 Å². The van der Waals surface area contributed by atoms with Gasteiger partial charge in [0, 0.05) is 24.3 Å². The minimum absolute atomic E-state index is 0.0364. The van der Waals surface area contributed by atoms with Gasteiger partial charge < -0.3 is 10.2 Å². The van der Waals surface area contributed by atoms with Gasteiger partial charge in [-0.1, -0.05) is 66.2 Å². The van der Waals surface area contributed by atoms with E-state index >= 15 is 0 Å². The number of benzene rings is 3. The zero-order valence-corrected chi connectivity index (χ0v) is 19.1. The van der Waals surface area contributed by atoms with Crippen molar-refractivity contribution >= 4 is 35.0 Å². The van der Waals surface area contributed by atoms with E-state index in [1.807, 2.05) is 47.4 Å². The van der Waals surface area contributed by atoms with Gasteiger partial charge >= 0.3 is 0 Å². The first kappa shape index (κ1) is 21.9. The van der Waals surface area contributed by atoms with Gasteiger partial charge in [-0.3, -0.25) is 19.3 Å². The second kappa shape index (κ2) is 9.15. The van der Waals surface area contributed by atoms with Crippen LogP contribution in [0.1, 0.15) is 27.0 Å². The number of carbonyl (C=O) groups excluding carboxylic acids is 3. The standard InChI is InChI=1S/C27H22ClN3O3/c28-23-24(27(34)31(26(23)33)16-18-6-2-1-3-7-18)29-22-12-10-20(11-13-22)25(32)30-15-14-19-8-4-5-9-21(19)17-30/h1-13,29H,14-17H2. The number of hydrogen-bond donors (Lipinski definition) is 1. The van der Waals surface area contributed by atoms with Gasteiger partial charge in [0.1, 0.15) is 10.7 Å². The van der Waals surface area contributed by atoms with Crippen molar-refractivity contribution in [3.8, 4) is 0 Å². The third kappa shape index (κ3) is 4.20. The smallest absolute Gasteiger partial charge is 0.279 e. The second-order valence-electron chi connectivity index (χ2n) is 8.32. The topological polar surface area (TPSA) is 69.7 Å². The lowest BCUT2D eigenvalue weighted by atomic mass is 9.99. The first-order valence-corrected chi connectivity index (χ1v) is 11.4. The highest BCUT2D eigenvalue weighted by atomic mass is 35.5. The van der Waals surface area contributed by atoms with Gasteiger partial charge in [0.05, 0.1) is 6.54 Å². The van der Waals surface area contributed by atoms with Crippen molar-refractivity contribution in [2.45, 2.75) is 19.5 Å². The predicted molar refractivity (Wildman–Crippen MR) is 130 cm³/mol. The summed E-state index contributed by atoms with van der Waals surface area (Å²) in [4.78, 5) is 41.4. The van der Waals surface area contributed by atoms with Crippen LogP contribution < -0.4 is 5.32 Å². The molecule has 2 aliphatic heterocycles. The molecule has 3 amide bonds. The molecule has 0 unspecified atom stereocenters. The highest BCUT2D eigenvalue weighted by molar-refractivity contribution is 6.48. The van der Waals surface area contributed by atoms with Crippen molar-refractivity contribution < 1.29 is 14.4 Å². The molecule has 0 aromatic heterocycles. The van der Waals surface area contributed by atoms with Crippen LogP contribution in [-0.4, -0.2) is 34.1 Å². The van der Waals surface area contributed by atoms with Gasteiger partial charge in [-0.25, -0.2) is 0 Å². The molecule has 1 N–H and O–H groups in total. The average Bonchev–Trinajstić information content (AvgIpc) is 3.07. The summed E-state index contributed by atoms with van der Waals surface area (Å²) < 4.78 is 0. The summed E-state index contributed by atoms with van der Waals surface area (Å²) in [7, 11) is 0. The molecule has 3 aromatic carbocycles. The summed E-state index contributed by atoms with van der Waals surface area (Å²) >= 11 is 6.20. The lowest BCUT2D eigenvalue weighted by Gasteiger charge is -2.29. The van der Waals surface area contributed by atoms with E-state index in [-0.39, 0.29) is 23.2 Å². The molecule has 5 rings (SSSR count). The van der Waals surface area contributed by atoms with Crippen molar-refractivity contribution in [1.29, 1.82) is 0 Å². The number of nitrogens with one attached hydrogen (secondary N) is 1. The van der Waals surface area contributed by atoms with Crippen LogP contribution in [0.2, 0.25) is 0 Å². The molecule has 0 bridgehead atoms. The number of fused-ring (bicyclic) bond motifs is 1. The average molecular weight is 472 g/mol. The molecule has 2 aliphatic rings. The van der Waals surface area contributed by atoms with Crippen LogP contribution in [0.5, 0.6) is 0 Å². The number of halogens is 1. The predicted octanol–water partition coefficient (Wildman–Crippen LogP) is 4.32. The van der Waals surface area contributed by atoms with Crippen molar-refractivity contribution in [3.05, 3.63) is 112 Å². The quantitative estimate of drug-likeness (QED) is 0.563. The van der Waals surface area contributed by atoms with Crippen LogP contribution in [0.3, 0.4) is 0 Å². The Bertz CT molecular complexity index is 1300. The molecule has 0 spiro atoms. The number of hydrogen-bond acceptors (Lipinski definition) is 4. The summed E-state index contributed by atoms with van der Waals surface area (Å²) in [5.74, 6) is -1.05. The molecular formula is C27H22ClN3O3. The monoisotopic (exact) mass is 471 g/mol. The van der Waals surface area contributed by atoms with Crippen LogP contribution in [0.25, 0.3) is 0 Å². The SMILES string of the molecule is O=C(c1ccc(NC2=C(Cl)C(=O)N(Cc3ccccc3)C2=O)cc1)N1CCc2ccccc2C1. The fraction of sp³-hybridized carbons (Fsp3) is 0.148. The van der Waals surface area contributed by atoms with Gasteiger partial charge in [-0.15, -0.1) is 0 Å². The highest BCUT2D eigenvalue weighted by Gasteiger charge is 2.37. The van der Waals surface area contributed by atoms with Gasteiger partial charge in [0.25, 0.3) is 17.7 Å². The molecule has 0 aliphatic carbocycles. The summed E-state index contributed by atoms with van der Waals surface area (Å²) in [5, 5.41) is 2.81. The number of nitrogens with zero attached hydrogens (tertiary/aromatic N) is 2. The molecule has 0 saturated carbocycles. The Hall–Kier alpha value is -3.90.